The maximum Gasteiger partial charge on any atom is 0.315 e. The van der Waals surface area contributed by atoms with Crippen LogP contribution in [0.5, 0.6) is 0 Å². The molecular formula is C17H25N5OS. The second-order valence-corrected chi connectivity index (χ2v) is 7.13. The summed E-state index contributed by atoms with van der Waals surface area (Å²) >= 11 is 1.59. The molecule has 130 valence electrons. The third-order valence-electron chi connectivity index (χ3n) is 4.27. The molecule has 0 saturated heterocycles. The normalized spacial score (nSPS) is 14.9. The molecule has 1 aliphatic rings. The van der Waals surface area contributed by atoms with E-state index in [1.807, 2.05) is 12.3 Å². The number of hydrogen-bond acceptors (Lipinski definition) is 4. The minimum Gasteiger partial charge on any atom is -0.338 e. The van der Waals surface area contributed by atoms with Crippen LogP contribution in [-0.2, 0) is 19.4 Å². The highest BCUT2D eigenvalue weighted by molar-refractivity contribution is 7.09. The van der Waals surface area contributed by atoms with Gasteiger partial charge in [0.2, 0.25) is 0 Å². The lowest BCUT2D eigenvalue weighted by Gasteiger charge is -2.15. The van der Waals surface area contributed by atoms with Crippen molar-refractivity contribution in [3.05, 3.63) is 33.8 Å². The fraction of sp³-hybridized carbons (Fsp3) is 0.588. The molecule has 0 fully saturated rings. The molecule has 3 heterocycles. The van der Waals surface area contributed by atoms with E-state index in [0.717, 1.165) is 42.2 Å². The number of aryl methyl sites for hydroxylation is 3. The van der Waals surface area contributed by atoms with Crippen LogP contribution in [0.25, 0.3) is 0 Å². The van der Waals surface area contributed by atoms with Gasteiger partial charge in [0.25, 0.3) is 0 Å². The maximum atomic E-state index is 12.1. The number of carbonyl (C=O) groups excluding carboxylic acids is 1. The largest absolute Gasteiger partial charge is 0.338 e. The molecule has 1 atom stereocenters. The van der Waals surface area contributed by atoms with E-state index in [2.05, 4.69) is 38.3 Å². The molecule has 6 nitrogen and oxygen atoms in total. The Bertz CT molecular complexity index is 669. The Balaban J connectivity index is 1.46. The van der Waals surface area contributed by atoms with E-state index < -0.39 is 0 Å². The van der Waals surface area contributed by atoms with Gasteiger partial charge in [-0.25, -0.2) is 14.8 Å². The minimum atomic E-state index is -0.140. The quantitative estimate of drug-likeness (QED) is 0.844. The standard InChI is InChI=1S/C17H25N5OS/c1-3-14(16-19-12(2)11-24-16)21-17(23)18-8-7-13-10-22-9-5-4-6-15(22)20-13/h10-11,14H,3-9H2,1-2H3,(H2,18,21,23). The molecule has 2 amide bonds. The number of imidazole rings is 1. The van der Waals surface area contributed by atoms with Gasteiger partial charge in [0, 0.05) is 43.2 Å². The Hall–Kier alpha value is -1.89. The van der Waals surface area contributed by atoms with Gasteiger partial charge in [-0.1, -0.05) is 6.92 Å². The highest BCUT2D eigenvalue weighted by Crippen LogP contribution is 2.20. The van der Waals surface area contributed by atoms with Crippen molar-refractivity contribution in [2.75, 3.05) is 6.54 Å². The first kappa shape index (κ1) is 17.0. The predicted molar refractivity (Wildman–Crippen MR) is 95.3 cm³/mol. The topological polar surface area (TPSA) is 71.8 Å². The van der Waals surface area contributed by atoms with Crippen LogP contribution in [-0.4, -0.2) is 27.1 Å². The summed E-state index contributed by atoms with van der Waals surface area (Å²) in [6.07, 6.45) is 7.25. The Morgan fingerprint density at radius 2 is 2.29 bits per heavy atom. The molecule has 0 saturated carbocycles. The molecule has 0 radical (unpaired) electrons. The Morgan fingerprint density at radius 1 is 1.42 bits per heavy atom. The number of fused-ring (bicyclic) bond motifs is 1. The van der Waals surface area contributed by atoms with Crippen LogP contribution in [0.3, 0.4) is 0 Å². The van der Waals surface area contributed by atoms with Crippen LogP contribution in [0.1, 0.15) is 54.4 Å². The first-order valence-corrected chi connectivity index (χ1v) is 9.55. The average Bonchev–Trinajstić information content (AvgIpc) is 3.18. The second-order valence-electron chi connectivity index (χ2n) is 6.24. The first-order chi connectivity index (χ1) is 11.7. The molecule has 24 heavy (non-hydrogen) atoms. The van der Waals surface area contributed by atoms with Crippen molar-refractivity contribution >= 4 is 17.4 Å². The summed E-state index contributed by atoms with van der Waals surface area (Å²) in [5.41, 5.74) is 2.06. The molecule has 1 aliphatic heterocycles. The van der Waals surface area contributed by atoms with Gasteiger partial charge in [0.1, 0.15) is 10.8 Å². The summed E-state index contributed by atoms with van der Waals surface area (Å²) in [7, 11) is 0. The van der Waals surface area contributed by atoms with E-state index in [1.165, 1.54) is 18.7 Å². The third-order valence-corrected chi connectivity index (χ3v) is 5.35. The zero-order valence-corrected chi connectivity index (χ0v) is 15.2. The lowest BCUT2D eigenvalue weighted by atomic mass is 10.2. The molecule has 0 aliphatic carbocycles. The van der Waals surface area contributed by atoms with E-state index in [4.69, 9.17) is 0 Å². The Kier molecular flexibility index (Phi) is 5.50. The zero-order valence-electron chi connectivity index (χ0n) is 14.3. The zero-order chi connectivity index (χ0) is 16.9. The molecule has 0 bridgehead atoms. The molecule has 0 spiro atoms. The van der Waals surface area contributed by atoms with Gasteiger partial charge >= 0.3 is 6.03 Å². The van der Waals surface area contributed by atoms with Crippen LogP contribution < -0.4 is 10.6 Å². The number of nitrogens with one attached hydrogen (secondary N) is 2. The first-order valence-electron chi connectivity index (χ1n) is 8.67. The monoisotopic (exact) mass is 347 g/mol. The van der Waals surface area contributed by atoms with Crippen LogP contribution in [0.4, 0.5) is 4.79 Å². The van der Waals surface area contributed by atoms with Crippen molar-refractivity contribution in [3.8, 4) is 0 Å². The van der Waals surface area contributed by atoms with E-state index in [-0.39, 0.29) is 12.1 Å². The maximum absolute atomic E-state index is 12.1. The van der Waals surface area contributed by atoms with Gasteiger partial charge in [-0.2, -0.15) is 0 Å². The molecule has 7 heteroatoms. The van der Waals surface area contributed by atoms with Crippen molar-refractivity contribution in [1.82, 2.24) is 25.2 Å². The summed E-state index contributed by atoms with van der Waals surface area (Å²) < 4.78 is 2.25. The fourth-order valence-corrected chi connectivity index (χ4v) is 3.91. The third kappa shape index (κ3) is 4.14. The number of amides is 2. The lowest BCUT2D eigenvalue weighted by Crippen LogP contribution is -2.38. The molecule has 2 aromatic rings. The second kappa shape index (κ2) is 7.79. The smallest absolute Gasteiger partial charge is 0.315 e. The van der Waals surface area contributed by atoms with Gasteiger partial charge in [-0.15, -0.1) is 11.3 Å². The van der Waals surface area contributed by atoms with Crippen molar-refractivity contribution in [2.24, 2.45) is 0 Å². The van der Waals surface area contributed by atoms with E-state index in [9.17, 15) is 4.79 Å². The predicted octanol–water partition coefficient (Wildman–Crippen LogP) is 2.98. The van der Waals surface area contributed by atoms with Gasteiger partial charge in [0.05, 0.1) is 11.7 Å². The minimum absolute atomic E-state index is 0.0244. The summed E-state index contributed by atoms with van der Waals surface area (Å²) in [4.78, 5) is 21.2. The SMILES string of the molecule is CCC(NC(=O)NCCc1cn2c(n1)CCCC2)c1nc(C)cs1. The molecule has 0 aromatic carbocycles. The van der Waals surface area contributed by atoms with E-state index >= 15 is 0 Å². The van der Waals surface area contributed by atoms with Crippen LogP contribution in [0, 0.1) is 6.92 Å². The summed E-state index contributed by atoms with van der Waals surface area (Å²) in [6, 6.07) is -0.165. The number of hydrogen-bond donors (Lipinski definition) is 2. The molecule has 2 aromatic heterocycles. The number of aromatic nitrogens is 3. The molecule has 3 rings (SSSR count). The lowest BCUT2D eigenvalue weighted by molar-refractivity contribution is 0.236. The van der Waals surface area contributed by atoms with Crippen molar-refractivity contribution in [3.63, 3.8) is 0 Å². The molecule has 2 N–H and O–H groups in total. The summed E-state index contributed by atoms with van der Waals surface area (Å²) in [6.45, 7) is 5.69. The Morgan fingerprint density at radius 3 is 3.00 bits per heavy atom. The summed E-state index contributed by atoms with van der Waals surface area (Å²) in [5.74, 6) is 1.19. The van der Waals surface area contributed by atoms with Gasteiger partial charge in [-0.3, -0.25) is 0 Å². The van der Waals surface area contributed by atoms with E-state index in [1.54, 1.807) is 11.3 Å². The number of urea groups is 1. The van der Waals surface area contributed by atoms with Gasteiger partial charge in [0.15, 0.2) is 0 Å². The number of carbonyl (C=O) groups is 1. The van der Waals surface area contributed by atoms with Gasteiger partial charge in [-0.05, 0) is 26.2 Å². The number of nitrogens with zero attached hydrogens (tertiary/aromatic N) is 3. The Labute approximate surface area is 146 Å². The van der Waals surface area contributed by atoms with Crippen LogP contribution >= 0.6 is 11.3 Å². The van der Waals surface area contributed by atoms with Crippen molar-refractivity contribution in [2.45, 2.75) is 58.5 Å². The van der Waals surface area contributed by atoms with E-state index in [0.29, 0.717) is 6.54 Å². The molecule has 1 unspecified atom stereocenters. The van der Waals surface area contributed by atoms with Crippen molar-refractivity contribution in [1.29, 1.82) is 0 Å². The number of thiazole rings is 1. The highest BCUT2D eigenvalue weighted by Gasteiger charge is 2.16. The molecular weight excluding hydrogens is 322 g/mol. The highest BCUT2D eigenvalue weighted by atomic mass is 32.1. The van der Waals surface area contributed by atoms with Crippen molar-refractivity contribution < 1.29 is 4.79 Å². The van der Waals surface area contributed by atoms with Crippen LogP contribution in [0.15, 0.2) is 11.6 Å². The fourth-order valence-electron chi connectivity index (χ4n) is 2.98. The number of rotatable bonds is 6. The average molecular weight is 347 g/mol. The van der Waals surface area contributed by atoms with Gasteiger partial charge < -0.3 is 15.2 Å². The summed E-state index contributed by atoms with van der Waals surface area (Å²) in [5, 5.41) is 8.91. The van der Waals surface area contributed by atoms with Crippen LogP contribution in [0.2, 0.25) is 0 Å².